The van der Waals surface area contributed by atoms with E-state index in [0.717, 1.165) is 27.5 Å². The zero-order valence-electron chi connectivity index (χ0n) is 14.3. The first-order chi connectivity index (χ1) is 12.7. The predicted octanol–water partition coefficient (Wildman–Crippen LogP) is 3.21. The maximum Gasteiger partial charge on any atom is 0.230 e. The Bertz CT molecular complexity index is 1070. The van der Waals surface area contributed by atoms with Gasteiger partial charge in [0.2, 0.25) is 5.91 Å². The average molecular weight is 343 g/mol. The molecule has 0 aliphatic heterocycles. The van der Waals surface area contributed by atoms with E-state index >= 15 is 0 Å². The molecule has 4 aromatic rings. The molecule has 1 aromatic carbocycles. The van der Waals surface area contributed by atoms with E-state index in [4.69, 9.17) is 0 Å². The van der Waals surface area contributed by atoms with Crippen LogP contribution in [-0.2, 0) is 18.3 Å². The molecule has 0 aliphatic carbocycles. The summed E-state index contributed by atoms with van der Waals surface area (Å²) in [5, 5.41) is 9.09. The number of aromatic nitrogens is 4. The second-order valence-corrected chi connectivity index (χ2v) is 6.12. The molecule has 0 atom stereocenters. The summed E-state index contributed by atoms with van der Waals surface area (Å²) in [6.07, 6.45) is 9.21. The molecule has 0 fully saturated rings. The van der Waals surface area contributed by atoms with Gasteiger partial charge in [-0.2, -0.15) is 5.10 Å². The number of pyridine rings is 2. The molecule has 6 heteroatoms. The summed E-state index contributed by atoms with van der Waals surface area (Å²) >= 11 is 0. The highest BCUT2D eigenvalue weighted by atomic mass is 16.1. The molecular weight excluding hydrogens is 326 g/mol. The topological polar surface area (TPSA) is 72.7 Å². The van der Waals surface area contributed by atoms with Crippen LogP contribution in [0, 0.1) is 0 Å². The Labute approximate surface area is 150 Å². The lowest BCUT2D eigenvalue weighted by molar-refractivity contribution is -0.115. The first kappa shape index (κ1) is 16.0. The minimum atomic E-state index is -0.117. The molecule has 1 N–H and O–H groups in total. The SMILES string of the molecule is Cn1cc(-c2ccc3cnc(NC(=O)Cc4cccnc4)cc3c2)cn1. The fourth-order valence-corrected chi connectivity index (χ4v) is 2.83. The van der Waals surface area contributed by atoms with E-state index in [1.165, 1.54) is 0 Å². The summed E-state index contributed by atoms with van der Waals surface area (Å²) in [6.45, 7) is 0. The molecule has 0 aliphatic rings. The predicted molar refractivity (Wildman–Crippen MR) is 101 cm³/mol. The zero-order valence-corrected chi connectivity index (χ0v) is 14.3. The molecule has 6 nitrogen and oxygen atoms in total. The summed E-state index contributed by atoms with van der Waals surface area (Å²) in [6, 6.07) is 11.7. The molecule has 1 amide bonds. The third-order valence-corrected chi connectivity index (χ3v) is 4.11. The molecule has 0 radical (unpaired) electrons. The van der Waals surface area contributed by atoms with Crippen molar-refractivity contribution in [2.24, 2.45) is 7.05 Å². The molecule has 0 spiro atoms. The first-order valence-corrected chi connectivity index (χ1v) is 8.25. The van der Waals surface area contributed by atoms with Crippen molar-refractivity contribution >= 4 is 22.5 Å². The highest BCUT2D eigenvalue weighted by Gasteiger charge is 2.07. The number of nitrogens with zero attached hydrogens (tertiary/aromatic N) is 4. The zero-order chi connectivity index (χ0) is 17.9. The quantitative estimate of drug-likeness (QED) is 0.617. The van der Waals surface area contributed by atoms with E-state index in [1.54, 1.807) is 23.3 Å². The molecular formula is C20H17N5O. The van der Waals surface area contributed by atoms with Crippen LogP contribution in [0.15, 0.2) is 67.4 Å². The third kappa shape index (κ3) is 3.44. The highest BCUT2D eigenvalue weighted by molar-refractivity contribution is 5.94. The van der Waals surface area contributed by atoms with Gasteiger partial charge in [-0.05, 0) is 34.7 Å². The Morgan fingerprint density at radius 3 is 2.77 bits per heavy atom. The van der Waals surface area contributed by atoms with Gasteiger partial charge in [0.05, 0.1) is 12.6 Å². The number of benzene rings is 1. The van der Waals surface area contributed by atoms with Gasteiger partial charge in [0.25, 0.3) is 0 Å². The maximum absolute atomic E-state index is 12.2. The van der Waals surface area contributed by atoms with Gasteiger partial charge in [0.15, 0.2) is 0 Å². The first-order valence-electron chi connectivity index (χ1n) is 8.25. The van der Waals surface area contributed by atoms with Crippen molar-refractivity contribution in [1.29, 1.82) is 0 Å². The second kappa shape index (κ2) is 6.76. The average Bonchev–Trinajstić information content (AvgIpc) is 3.08. The number of carbonyl (C=O) groups is 1. The Kier molecular flexibility index (Phi) is 4.15. The maximum atomic E-state index is 12.2. The molecule has 128 valence electrons. The van der Waals surface area contributed by atoms with Crippen LogP contribution >= 0.6 is 0 Å². The van der Waals surface area contributed by atoms with E-state index in [1.807, 2.05) is 49.8 Å². The number of fused-ring (bicyclic) bond motifs is 1. The van der Waals surface area contributed by atoms with Crippen molar-refractivity contribution in [3.05, 3.63) is 72.9 Å². The normalized spacial score (nSPS) is 10.8. The van der Waals surface area contributed by atoms with Gasteiger partial charge in [0.1, 0.15) is 5.82 Å². The van der Waals surface area contributed by atoms with Crippen LogP contribution in [0.4, 0.5) is 5.82 Å². The minimum Gasteiger partial charge on any atom is -0.310 e. The summed E-state index contributed by atoms with van der Waals surface area (Å²) in [4.78, 5) is 20.6. The van der Waals surface area contributed by atoms with Crippen LogP contribution in [-0.4, -0.2) is 25.7 Å². The highest BCUT2D eigenvalue weighted by Crippen LogP contribution is 2.25. The van der Waals surface area contributed by atoms with Gasteiger partial charge in [-0.25, -0.2) is 4.98 Å². The molecule has 0 saturated carbocycles. The summed E-state index contributed by atoms with van der Waals surface area (Å²) in [5.41, 5.74) is 2.99. The Morgan fingerprint density at radius 1 is 1.08 bits per heavy atom. The minimum absolute atomic E-state index is 0.117. The van der Waals surface area contributed by atoms with Crippen molar-refractivity contribution in [2.75, 3.05) is 5.32 Å². The summed E-state index contributed by atoms with van der Waals surface area (Å²) < 4.78 is 1.77. The van der Waals surface area contributed by atoms with Crippen LogP contribution < -0.4 is 5.32 Å². The van der Waals surface area contributed by atoms with E-state index < -0.39 is 0 Å². The fourth-order valence-electron chi connectivity index (χ4n) is 2.83. The standard InChI is InChI=1S/C20H17N5O/c1-25-13-18(12-23-25)15-4-5-16-11-22-19(9-17(16)8-15)24-20(26)7-14-3-2-6-21-10-14/h2-6,8-13H,7H2,1H3,(H,22,24,26). The van der Waals surface area contributed by atoms with Gasteiger partial charge in [-0.1, -0.05) is 18.2 Å². The van der Waals surface area contributed by atoms with Crippen LogP contribution in [0.25, 0.3) is 21.9 Å². The molecule has 26 heavy (non-hydrogen) atoms. The van der Waals surface area contributed by atoms with Crippen molar-refractivity contribution < 1.29 is 4.79 Å². The molecule has 3 aromatic heterocycles. The van der Waals surface area contributed by atoms with Gasteiger partial charge < -0.3 is 5.32 Å². The lowest BCUT2D eigenvalue weighted by Gasteiger charge is -2.07. The number of hydrogen-bond donors (Lipinski definition) is 1. The Balaban J connectivity index is 1.57. The van der Waals surface area contributed by atoms with Crippen LogP contribution in [0.2, 0.25) is 0 Å². The summed E-state index contributed by atoms with van der Waals surface area (Å²) in [7, 11) is 1.89. The fraction of sp³-hybridized carbons (Fsp3) is 0.100. The smallest absolute Gasteiger partial charge is 0.230 e. The Morgan fingerprint density at radius 2 is 2.00 bits per heavy atom. The van der Waals surface area contributed by atoms with Gasteiger partial charge in [0, 0.05) is 42.8 Å². The van der Waals surface area contributed by atoms with E-state index in [2.05, 4.69) is 26.4 Å². The van der Waals surface area contributed by atoms with Crippen molar-refractivity contribution in [2.45, 2.75) is 6.42 Å². The largest absolute Gasteiger partial charge is 0.310 e. The monoisotopic (exact) mass is 343 g/mol. The lowest BCUT2D eigenvalue weighted by Crippen LogP contribution is -2.15. The lowest BCUT2D eigenvalue weighted by atomic mass is 10.1. The van der Waals surface area contributed by atoms with Crippen molar-refractivity contribution in [3.63, 3.8) is 0 Å². The molecule has 0 bridgehead atoms. The third-order valence-electron chi connectivity index (χ3n) is 4.11. The second-order valence-electron chi connectivity index (χ2n) is 6.12. The molecule has 0 unspecified atom stereocenters. The summed E-state index contributed by atoms with van der Waals surface area (Å²) in [5.74, 6) is 0.419. The number of nitrogens with one attached hydrogen (secondary N) is 1. The number of aryl methyl sites for hydroxylation is 1. The van der Waals surface area contributed by atoms with Gasteiger partial charge >= 0.3 is 0 Å². The number of amides is 1. The van der Waals surface area contributed by atoms with Crippen LogP contribution in [0.3, 0.4) is 0 Å². The van der Waals surface area contributed by atoms with E-state index in [9.17, 15) is 4.79 Å². The number of hydrogen-bond acceptors (Lipinski definition) is 4. The Hall–Kier alpha value is -3.54. The number of anilines is 1. The van der Waals surface area contributed by atoms with Gasteiger partial charge in [-0.15, -0.1) is 0 Å². The van der Waals surface area contributed by atoms with Crippen LogP contribution in [0.1, 0.15) is 5.56 Å². The van der Waals surface area contributed by atoms with Crippen molar-refractivity contribution in [1.82, 2.24) is 19.7 Å². The van der Waals surface area contributed by atoms with E-state index in [-0.39, 0.29) is 12.3 Å². The van der Waals surface area contributed by atoms with Gasteiger partial charge in [-0.3, -0.25) is 14.5 Å². The molecule has 4 rings (SSSR count). The van der Waals surface area contributed by atoms with Crippen LogP contribution in [0.5, 0.6) is 0 Å². The number of rotatable bonds is 4. The molecule has 0 saturated heterocycles. The van der Waals surface area contributed by atoms with Crippen molar-refractivity contribution in [3.8, 4) is 11.1 Å². The van der Waals surface area contributed by atoms with E-state index in [0.29, 0.717) is 5.82 Å². The number of carbonyl (C=O) groups excluding carboxylic acids is 1. The molecule has 3 heterocycles.